The molecule has 5 heavy (non-hydrogen) atoms. The van der Waals surface area contributed by atoms with Gasteiger partial charge in [0.1, 0.15) is 0 Å². The Morgan fingerprint density at radius 2 is 2.00 bits per heavy atom. The second-order valence-electron chi connectivity index (χ2n) is 0.492. The van der Waals surface area contributed by atoms with Crippen molar-refractivity contribution in [1.29, 1.82) is 0 Å². The molecule has 0 fully saturated rings. The van der Waals surface area contributed by atoms with Gasteiger partial charge in [-0.2, -0.15) is 0 Å². The van der Waals surface area contributed by atoms with Crippen LogP contribution in [0.1, 0.15) is 8.35 Å². The summed E-state index contributed by atoms with van der Waals surface area (Å²) < 4.78 is 0. The third-order valence-electron chi connectivity index (χ3n) is 0. The maximum Gasteiger partial charge on any atom is 2.00 e. The second kappa shape index (κ2) is 3.98. The van der Waals surface area contributed by atoms with Gasteiger partial charge in [0.25, 0.3) is 0 Å². The summed E-state index contributed by atoms with van der Waals surface area (Å²) in [6, 6.07) is 0. The van der Waals surface area contributed by atoms with Crippen LogP contribution < -0.4 is 5.11 Å². The summed E-state index contributed by atoms with van der Waals surface area (Å²) in [5.74, 6) is -1.08. The minimum absolute atomic E-state index is 0. The molecule has 0 aliphatic heterocycles. The van der Waals surface area contributed by atoms with Crippen LogP contribution in [0.4, 0.5) is 0 Å². The molecule has 0 aromatic carbocycles. The zero-order valence-electron chi connectivity index (χ0n) is 3.65. The van der Waals surface area contributed by atoms with Gasteiger partial charge in [0.2, 0.25) is 0 Å². The molecule has 0 amide bonds. The maximum atomic E-state index is 8.89. The van der Waals surface area contributed by atoms with Crippen molar-refractivity contribution < 1.29 is 28.1 Å². The molecular formula is C2H4CoO2+2. The first-order valence-electron chi connectivity index (χ1n) is 0.908. The molecule has 0 rings (SSSR count). The Kier molecular flexibility index (Phi) is 7.06. The topological polar surface area (TPSA) is 40.1 Å². The molecule has 0 saturated heterocycles. The van der Waals surface area contributed by atoms with Crippen molar-refractivity contribution in [2.24, 2.45) is 0 Å². The van der Waals surface area contributed by atoms with Gasteiger partial charge in [0.15, 0.2) is 0 Å². The zero-order valence-corrected chi connectivity index (χ0v) is 3.69. The number of hydrogen-bond acceptors (Lipinski definition) is 2. The molecule has 0 atom stereocenters. The average Bonchev–Trinajstić information content (AvgIpc) is 0.811. The van der Waals surface area contributed by atoms with E-state index in [9.17, 15) is 0 Å². The van der Waals surface area contributed by atoms with Crippen LogP contribution in [0.25, 0.3) is 0 Å². The minimum atomic E-state index is -1.08. The van der Waals surface area contributed by atoms with Crippen molar-refractivity contribution in [1.82, 2.24) is 0 Å². The predicted octanol–water partition coefficient (Wildman–Crippen LogP) is -1.13. The van der Waals surface area contributed by atoms with Gasteiger partial charge in [0.05, 0.1) is 0 Å². The van der Waals surface area contributed by atoms with Crippen molar-refractivity contribution in [2.75, 3.05) is 0 Å². The van der Waals surface area contributed by atoms with E-state index in [0.717, 1.165) is 6.92 Å². The molecule has 31 valence electrons. The summed E-state index contributed by atoms with van der Waals surface area (Å²) in [7, 11) is 0. The molecule has 0 unspecified atom stereocenters. The first kappa shape index (κ1) is 8.88. The van der Waals surface area contributed by atoms with E-state index in [2.05, 4.69) is 0 Å². The number of rotatable bonds is 0. The Balaban J connectivity index is -0.0000000450. The summed E-state index contributed by atoms with van der Waals surface area (Å²) in [5, 5.41) is 8.89. The van der Waals surface area contributed by atoms with E-state index < -0.39 is 5.97 Å². The smallest absolute Gasteiger partial charge is 0.550 e. The number of hydrogen-bond donors (Lipinski definition) is 0. The monoisotopic (exact) mass is 119 g/mol. The molecule has 0 N–H and O–H groups in total. The molecule has 2 nitrogen and oxygen atoms in total. The largest absolute Gasteiger partial charge is 2.00 e. The SMILES string of the molecule is CC(=O)[O-].[Co+2].[H+]. The first-order chi connectivity index (χ1) is 1.73. The van der Waals surface area contributed by atoms with E-state index in [1.807, 2.05) is 0 Å². The summed E-state index contributed by atoms with van der Waals surface area (Å²) in [4.78, 5) is 8.89. The summed E-state index contributed by atoms with van der Waals surface area (Å²) >= 11 is 0. The van der Waals surface area contributed by atoms with Crippen molar-refractivity contribution in [3.05, 3.63) is 0 Å². The van der Waals surface area contributed by atoms with Crippen LogP contribution in [0.15, 0.2) is 0 Å². The van der Waals surface area contributed by atoms with Gasteiger partial charge >= 0.3 is 18.2 Å². The minimum Gasteiger partial charge on any atom is -0.550 e. The van der Waals surface area contributed by atoms with Gasteiger partial charge in [-0.05, 0) is 6.92 Å². The number of carbonyl (C=O) groups is 1. The van der Waals surface area contributed by atoms with Crippen LogP contribution in [-0.2, 0) is 21.6 Å². The quantitative estimate of drug-likeness (QED) is 0.404. The Morgan fingerprint density at radius 3 is 2.00 bits per heavy atom. The second-order valence-corrected chi connectivity index (χ2v) is 0.492. The van der Waals surface area contributed by atoms with E-state index in [1.54, 1.807) is 0 Å². The van der Waals surface area contributed by atoms with Gasteiger partial charge in [-0.15, -0.1) is 0 Å². The van der Waals surface area contributed by atoms with Crippen LogP contribution >= 0.6 is 0 Å². The van der Waals surface area contributed by atoms with E-state index in [1.165, 1.54) is 0 Å². The standard InChI is InChI=1S/C2H4O2.Co/c1-2(3)4;/h1H3,(H,3,4);/q;+2. The van der Waals surface area contributed by atoms with E-state index in [4.69, 9.17) is 9.90 Å². The van der Waals surface area contributed by atoms with Gasteiger partial charge in [-0.25, -0.2) is 0 Å². The molecule has 0 saturated carbocycles. The zero-order chi connectivity index (χ0) is 3.58. The predicted molar refractivity (Wildman–Crippen MR) is 11.8 cm³/mol. The Labute approximate surface area is 41.9 Å². The fraction of sp³-hybridized carbons (Fsp3) is 0.500. The van der Waals surface area contributed by atoms with Crippen LogP contribution in [0, 0.1) is 0 Å². The number of carboxylic acids is 1. The van der Waals surface area contributed by atoms with Gasteiger partial charge in [-0.1, -0.05) is 0 Å². The molecule has 0 spiro atoms. The van der Waals surface area contributed by atoms with Crippen molar-refractivity contribution in [3.8, 4) is 0 Å². The van der Waals surface area contributed by atoms with Crippen LogP contribution in [-0.4, -0.2) is 5.97 Å². The summed E-state index contributed by atoms with van der Waals surface area (Å²) in [6.07, 6.45) is 0. The molecular weight excluding hydrogens is 115 g/mol. The molecule has 0 aromatic heterocycles. The molecule has 0 bridgehead atoms. The Morgan fingerprint density at radius 1 is 2.00 bits per heavy atom. The summed E-state index contributed by atoms with van der Waals surface area (Å²) in [5.41, 5.74) is 0. The van der Waals surface area contributed by atoms with Gasteiger partial charge in [0, 0.05) is 5.97 Å². The van der Waals surface area contributed by atoms with Crippen molar-refractivity contribution in [2.45, 2.75) is 6.92 Å². The molecule has 0 heterocycles. The van der Waals surface area contributed by atoms with E-state index in [-0.39, 0.29) is 18.2 Å². The molecule has 0 aromatic rings. The molecule has 1 radical (unpaired) electrons. The Hall–Kier alpha value is -0.0235. The van der Waals surface area contributed by atoms with E-state index in [0.29, 0.717) is 0 Å². The maximum absolute atomic E-state index is 8.89. The number of carboxylic acid groups (broad SMARTS) is 1. The van der Waals surface area contributed by atoms with Gasteiger partial charge < -0.3 is 9.90 Å². The van der Waals surface area contributed by atoms with Crippen molar-refractivity contribution >= 4 is 5.97 Å². The van der Waals surface area contributed by atoms with E-state index >= 15 is 0 Å². The number of carbonyl (C=O) groups excluding carboxylic acids is 1. The van der Waals surface area contributed by atoms with Crippen molar-refractivity contribution in [3.63, 3.8) is 0 Å². The van der Waals surface area contributed by atoms with Gasteiger partial charge in [-0.3, -0.25) is 0 Å². The van der Waals surface area contributed by atoms with Crippen LogP contribution in [0.5, 0.6) is 0 Å². The molecule has 0 aliphatic rings. The first-order valence-corrected chi connectivity index (χ1v) is 0.908. The molecule has 0 aliphatic carbocycles. The Bertz CT molecular complexity index is 34.5. The average molecular weight is 119 g/mol. The fourth-order valence-corrected chi connectivity index (χ4v) is 0. The van der Waals surface area contributed by atoms with Crippen LogP contribution in [0.2, 0.25) is 0 Å². The normalized spacial score (nSPS) is 5.00. The fourth-order valence-electron chi connectivity index (χ4n) is 0. The third-order valence-corrected chi connectivity index (χ3v) is 0. The van der Waals surface area contributed by atoms with Crippen LogP contribution in [0.3, 0.4) is 0 Å². The third kappa shape index (κ3) is 28100. The number of aliphatic carboxylic acids is 1. The summed E-state index contributed by atoms with van der Waals surface area (Å²) in [6.45, 7) is 0.972. The molecule has 3 heteroatoms.